The van der Waals surface area contributed by atoms with Gasteiger partial charge < -0.3 is 9.64 Å². The molecule has 0 radical (unpaired) electrons. The number of hydrogen-bond acceptors (Lipinski definition) is 4. The fourth-order valence-electron chi connectivity index (χ4n) is 2.65. The van der Waals surface area contributed by atoms with Gasteiger partial charge in [0.15, 0.2) is 0 Å². The van der Waals surface area contributed by atoms with Gasteiger partial charge in [-0.2, -0.15) is 0 Å². The van der Waals surface area contributed by atoms with Gasteiger partial charge in [0.25, 0.3) is 5.91 Å². The molecule has 1 amide bonds. The van der Waals surface area contributed by atoms with E-state index >= 15 is 0 Å². The van der Waals surface area contributed by atoms with Crippen LogP contribution in [0.15, 0.2) is 36.5 Å². The van der Waals surface area contributed by atoms with Crippen molar-refractivity contribution in [2.45, 2.75) is 25.9 Å². The summed E-state index contributed by atoms with van der Waals surface area (Å²) in [5.41, 5.74) is 1.26. The van der Waals surface area contributed by atoms with Crippen LogP contribution in [0.5, 0.6) is 0 Å². The lowest BCUT2D eigenvalue weighted by molar-refractivity contribution is -0.0230. The van der Waals surface area contributed by atoms with Gasteiger partial charge in [-0.1, -0.05) is 26.0 Å². The summed E-state index contributed by atoms with van der Waals surface area (Å²) < 4.78 is 18.8. The highest BCUT2D eigenvalue weighted by Gasteiger charge is 2.27. The summed E-state index contributed by atoms with van der Waals surface area (Å²) in [6, 6.07) is 7.82. The Morgan fingerprint density at radius 3 is 2.75 bits per heavy atom. The molecule has 1 aliphatic rings. The van der Waals surface area contributed by atoms with E-state index in [0.717, 1.165) is 5.56 Å². The molecule has 1 aliphatic heterocycles. The second-order valence-corrected chi connectivity index (χ2v) is 6.12. The summed E-state index contributed by atoms with van der Waals surface area (Å²) in [4.78, 5) is 23.0. The molecule has 1 aromatic heterocycles. The van der Waals surface area contributed by atoms with E-state index in [0.29, 0.717) is 31.2 Å². The summed E-state index contributed by atoms with van der Waals surface area (Å²) in [5, 5.41) is 0. The molecule has 6 heteroatoms. The van der Waals surface area contributed by atoms with Gasteiger partial charge in [-0.3, -0.25) is 4.79 Å². The summed E-state index contributed by atoms with van der Waals surface area (Å²) in [6.07, 6.45) is 1.36. The van der Waals surface area contributed by atoms with Gasteiger partial charge in [0, 0.05) is 18.7 Å². The number of carbonyl (C=O) groups excluding carboxylic acids is 1. The first-order valence-electron chi connectivity index (χ1n) is 8.04. The molecular formula is C18H20FN3O2. The summed E-state index contributed by atoms with van der Waals surface area (Å²) in [6.45, 7) is 5.35. The second kappa shape index (κ2) is 7.05. The Labute approximate surface area is 140 Å². The summed E-state index contributed by atoms with van der Waals surface area (Å²) in [7, 11) is 0. The van der Waals surface area contributed by atoms with Crippen molar-refractivity contribution in [3.8, 4) is 0 Å². The number of halogens is 1. The minimum Gasteiger partial charge on any atom is -0.370 e. The topological polar surface area (TPSA) is 55.3 Å². The van der Waals surface area contributed by atoms with E-state index < -0.39 is 0 Å². The van der Waals surface area contributed by atoms with Crippen LogP contribution in [0.4, 0.5) is 4.39 Å². The first-order chi connectivity index (χ1) is 11.5. The molecule has 1 atom stereocenters. The molecule has 1 saturated heterocycles. The van der Waals surface area contributed by atoms with E-state index in [9.17, 15) is 9.18 Å². The van der Waals surface area contributed by atoms with Crippen LogP contribution in [0.3, 0.4) is 0 Å². The van der Waals surface area contributed by atoms with E-state index in [1.807, 2.05) is 13.8 Å². The van der Waals surface area contributed by atoms with Crippen molar-refractivity contribution in [1.29, 1.82) is 0 Å². The lowest BCUT2D eigenvalue weighted by atomic mass is 10.1. The largest absolute Gasteiger partial charge is 0.370 e. The third-order valence-corrected chi connectivity index (χ3v) is 4.01. The zero-order chi connectivity index (χ0) is 17.1. The van der Waals surface area contributed by atoms with Gasteiger partial charge in [0.05, 0.1) is 13.2 Å². The van der Waals surface area contributed by atoms with Crippen LogP contribution in [0.25, 0.3) is 0 Å². The molecule has 0 bridgehead atoms. The molecule has 0 unspecified atom stereocenters. The normalized spacial score (nSPS) is 18.0. The van der Waals surface area contributed by atoms with Crippen molar-refractivity contribution in [3.05, 3.63) is 59.4 Å². The highest BCUT2D eigenvalue weighted by molar-refractivity contribution is 5.92. The Hall–Kier alpha value is -2.34. The number of benzene rings is 1. The van der Waals surface area contributed by atoms with Crippen LogP contribution in [0.2, 0.25) is 0 Å². The lowest BCUT2D eigenvalue weighted by Crippen LogP contribution is -2.42. The van der Waals surface area contributed by atoms with Crippen molar-refractivity contribution in [2.24, 2.45) is 0 Å². The van der Waals surface area contributed by atoms with Crippen LogP contribution < -0.4 is 0 Å². The van der Waals surface area contributed by atoms with Gasteiger partial charge in [-0.05, 0) is 23.8 Å². The summed E-state index contributed by atoms with van der Waals surface area (Å²) in [5.74, 6) is 0.401. The van der Waals surface area contributed by atoms with E-state index in [-0.39, 0.29) is 23.7 Å². The maximum absolute atomic E-state index is 13.1. The minimum absolute atomic E-state index is 0.130. The Morgan fingerprint density at radius 1 is 1.29 bits per heavy atom. The van der Waals surface area contributed by atoms with Crippen molar-refractivity contribution >= 4 is 5.91 Å². The number of amides is 1. The Morgan fingerprint density at radius 2 is 2.04 bits per heavy atom. The number of morpholine rings is 1. The van der Waals surface area contributed by atoms with E-state index in [4.69, 9.17) is 4.74 Å². The van der Waals surface area contributed by atoms with E-state index in [1.165, 1.54) is 12.1 Å². The number of hydrogen-bond donors (Lipinski definition) is 0. The predicted molar refractivity (Wildman–Crippen MR) is 87.1 cm³/mol. The highest BCUT2D eigenvalue weighted by atomic mass is 19.1. The van der Waals surface area contributed by atoms with Gasteiger partial charge in [0.2, 0.25) is 0 Å². The van der Waals surface area contributed by atoms with Gasteiger partial charge in [0.1, 0.15) is 23.4 Å². The van der Waals surface area contributed by atoms with Crippen molar-refractivity contribution in [3.63, 3.8) is 0 Å². The molecule has 0 saturated carbocycles. The predicted octanol–water partition coefficient (Wildman–Crippen LogP) is 2.95. The van der Waals surface area contributed by atoms with Crippen LogP contribution in [0.1, 0.15) is 47.7 Å². The fraction of sp³-hybridized carbons (Fsp3) is 0.389. The number of rotatable bonds is 3. The average molecular weight is 329 g/mol. The second-order valence-electron chi connectivity index (χ2n) is 6.12. The minimum atomic E-state index is -0.287. The number of aromatic nitrogens is 2. The van der Waals surface area contributed by atoms with Gasteiger partial charge >= 0.3 is 0 Å². The third-order valence-electron chi connectivity index (χ3n) is 4.01. The Balaban J connectivity index is 1.75. The van der Waals surface area contributed by atoms with Crippen LogP contribution in [-0.2, 0) is 4.74 Å². The number of nitrogens with zero attached hydrogens (tertiary/aromatic N) is 3. The number of ether oxygens (including phenoxy) is 1. The first kappa shape index (κ1) is 16.5. The molecular weight excluding hydrogens is 309 g/mol. The molecule has 2 heterocycles. The smallest absolute Gasteiger partial charge is 0.272 e. The zero-order valence-electron chi connectivity index (χ0n) is 13.8. The number of carbonyl (C=O) groups is 1. The average Bonchev–Trinajstić information content (AvgIpc) is 2.62. The van der Waals surface area contributed by atoms with Crippen molar-refractivity contribution < 1.29 is 13.9 Å². The standard InChI is InChI=1S/C18H20FN3O2/c1-12(2)17-20-8-7-15(21-17)18(23)22-9-10-24-16(11-22)13-3-5-14(19)6-4-13/h3-8,12,16H,9-11H2,1-2H3/t16-/m1/s1. The van der Waals surface area contributed by atoms with Crippen molar-refractivity contribution in [1.82, 2.24) is 14.9 Å². The van der Waals surface area contributed by atoms with Gasteiger partial charge in [-0.25, -0.2) is 14.4 Å². The molecule has 0 aliphatic carbocycles. The maximum Gasteiger partial charge on any atom is 0.272 e. The quantitative estimate of drug-likeness (QED) is 0.869. The Bertz CT molecular complexity index is 718. The molecule has 24 heavy (non-hydrogen) atoms. The summed E-state index contributed by atoms with van der Waals surface area (Å²) >= 11 is 0. The highest BCUT2D eigenvalue weighted by Crippen LogP contribution is 2.23. The molecule has 3 rings (SSSR count). The maximum atomic E-state index is 13.1. The van der Waals surface area contributed by atoms with Crippen LogP contribution in [-0.4, -0.2) is 40.5 Å². The van der Waals surface area contributed by atoms with Crippen LogP contribution in [0, 0.1) is 5.82 Å². The fourth-order valence-corrected chi connectivity index (χ4v) is 2.65. The molecule has 1 aromatic carbocycles. The third kappa shape index (κ3) is 3.59. The molecule has 5 nitrogen and oxygen atoms in total. The lowest BCUT2D eigenvalue weighted by Gasteiger charge is -2.33. The molecule has 126 valence electrons. The SMILES string of the molecule is CC(C)c1nccc(C(=O)N2CCO[C@@H](c3ccc(F)cc3)C2)n1. The Kier molecular flexibility index (Phi) is 4.85. The molecule has 2 aromatic rings. The van der Waals surface area contributed by atoms with Crippen LogP contribution >= 0.6 is 0 Å². The molecule has 0 N–H and O–H groups in total. The van der Waals surface area contributed by atoms with E-state index in [2.05, 4.69) is 9.97 Å². The van der Waals surface area contributed by atoms with Crippen molar-refractivity contribution in [2.75, 3.05) is 19.7 Å². The van der Waals surface area contributed by atoms with E-state index in [1.54, 1.807) is 29.3 Å². The van der Waals surface area contributed by atoms with Gasteiger partial charge in [-0.15, -0.1) is 0 Å². The monoisotopic (exact) mass is 329 g/mol. The zero-order valence-corrected chi connectivity index (χ0v) is 13.8. The first-order valence-corrected chi connectivity index (χ1v) is 8.04. The molecule has 1 fully saturated rings. The molecule has 0 spiro atoms.